The summed E-state index contributed by atoms with van der Waals surface area (Å²) in [4.78, 5) is 4.15. The number of nitrogens with zero attached hydrogens (tertiary/aromatic N) is 1. The van der Waals surface area contributed by atoms with Gasteiger partial charge in [0.1, 0.15) is 11.7 Å². The van der Waals surface area contributed by atoms with Crippen molar-refractivity contribution in [2.45, 2.75) is 13.0 Å². The molecule has 0 aromatic heterocycles. The monoisotopic (exact) mass is 258 g/mol. The maximum absolute atomic E-state index is 13.4. The standard InChI is InChI=1S/C11H11ClF2N2O/c1-6(11-15-2-3-16-11)17-10-8(12)4-7(13)5-9(10)14/h4-6H,2-3H2,1H3,(H,15,16)/i13-1,14-1. The van der Waals surface area contributed by atoms with Crippen LogP contribution in [-0.4, -0.2) is 25.0 Å². The van der Waals surface area contributed by atoms with Gasteiger partial charge >= 0.3 is 0 Å². The zero-order valence-electron chi connectivity index (χ0n) is 9.14. The minimum atomic E-state index is -0.819. The van der Waals surface area contributed by atoms with Gasteiger partial charge in [0.05, 0.1) is 11.6 Å². The number of hydrogen-bond acceptors (Lipinski definition) is 3. The van der Waals surface area contributed by atoms with Crippen LogP contribution >= 0.6 is 11.6 Å². The molecule has 17 heavy (non-hydrogen) atoms. The van der Waals surface area contributed by atoms with Crippen LogP contribution < -0.4 is 10.1 Å². The van der Waals surface area contributed by atoms with Crippen molar-refractivity contribution in [3.05, 3.63) is 28.8 Å². The maximum atomic E-state index is 13.4. The lowest BCUT2D eigenvalue weighted by Crippen LogP contribution is -2.33. The van der Waals surface area contributed by atoms with Crippen molar-refractivity contribution in [3.63, 3.8) is 0 Å². The van der Waals surface area contributed by atoms with Gasteiger partial charge in [-0.1, -0.05) is 11.6 Å². The maximum Gasteiger partial charge on any atom is 0.174 e. The summed E-state index contributed by atoms with van der Waals surface area (Å²) in [5.74, 6) is -1.06. The Hall–Kier alpha value is -1.36. The molecule has 0 bridgehead atoms. The first-order valence-electron chi connectivity index (χ1n) is 5.17. The highest BCUT2D eigenvalue weighted by Crippen LogP contribution is 2.29. The van der Waals surface area contributed by atoms with Crippen molar-refractivity contribution in [1.82, 2.24) is 5.32 Å². The molecule has 1 aliphatic rings. The molecule has 6 heteroatoms. The molecular formula is C11H11ClF2N2O. The van der Waals surface area contributed by atoms with Gasteiger partial charge in [-0.3, -0.25) is 4.99 Å². The molecule has 3 nitrogen and oxygen atoms in total. The number of amidine groups is 1. The third kappa shape index (κ3) is 2.66. The average molecular weight is 259 g/mol. The summed E-state index contributed by atoms with van der Waals surface area (Å²) in [5.41, 5.74) is 0. The smallest absolute Gasteiger partial charge is 0.174 e. The van der Waals surface area contributed by atoms with Gasteiger partial charge in [0.2, 0.25) is 0 Å². The molecule has 1 unspecified atom stereocenters. The number of benzene rings is 1. The second kappa shape index (κ2) is 4.87. The lowest BCUT2D eigenvalue weighted by molar-refractivity contribution is 0.269. The second-order valence-electron chi connectivity index (χ2n) is 3.65. The van der Waals surface area contributed by atoms with E-state index in [9.17, 15) is 8.78 Å². The van der Waals surface area contributed by atoms with Gasteiger partial charge in [0, 0.05) is 12.6 Å². The Labute approximate surface area is 102 Å². The van der Waals surface area contributed by atoms with E-state index in [4.69, 9.17) is 16.3 Å². The van der Waals surface area contributed by atoms with Crippen LogP contribution in [0.5, 0.6) is 5.75 Å². The molecule has 0 aliphatic carbocycles. The molecule has 0 fully saturated rings. The average Bonchev–Trinajstić information content (AvgIpc) is 2.76. The fraction of sp³-hybridized carbons (Fsp3) is 0.364. The van der Waals surface area contributed by atoms with E-state index in [-0.39, 0.29) is 10.8 Å². The zero-order chi connectivity index (χ0) is 12.4. The summed E-state index contributed by atoms with van der Waals surface area (Å²) >= 11 is 5.72. The van der Waals surface area contributed by atoms with Crippen LogP contribution in [0.15, 0.2) is 17.1 Å². The van der Waals surface area contributed by atoms with E-state index in [0.29, 0.717) is 12.4 Å². The van der Waals surface area contributed by atoms with E-state index in [0.717, 1.165) is 18.7 Å². The number of nitrogens with one attached hydrogen (secondary N) is 1. The quantitative estimate of drug-likeness (QED) is 0.903. The molecule has 1 aromatic rings. The van der Waals surface area contributed by atoms with Gasteiger partial charge in [0.15, 0.2) is 17.7 Å². The Kier molecular flexibility index (Phi) is 3.47. The molecule has 1 aromatic carbocycles. The second-order valence-corrected chi connectivity index (χ2v) is 4.06. The summed E-state index contributed by atoms with van der Waals surface area (Å²) in [5, 5.41) is 2.92. The van der Waals surface area contributed by atoms with Crippen LogP contribution in [0.3, 0.4) is 0 Å². The molecule has 1 atom stereocenters. The van der Waals surface area contributed by atoms with Crippen LogP contribution in [0, 0.1) is 11.6 Å². The van der Waals surface area contributed by atoms with E-state index in [2.05, 4.69) is 10.3 Å². The normalized spacial score (nSPS) is 16.4. The number of hydrogen-bond donors (Lipinski definition) is 1. The predicted octanol–water partition coefficient (Wildman–Crippen LogP) is 2.39. The van der Waals surface area contributed by atoms with Gasteiger partial charge in [-0.15, -0.1) is 0 Å². The fourth-order valence-corrected chi connectivity index (χ4v) is 1.80. The molecule has 2 rings (SSSR count). The number of ether oxygens (including phenoxy) is 1. The van der Waals surface area contributed by atoms with Crippen LogP contribution in [0.1, 0.15) is 6.92 Å². The Morgan fingerprint density at radius 1 is 1.47 bits per heavy atom. The Bertz CT molecular complexity index is 442. The van der Waals surface area contributed by atoms with Crippen molar-refractivity contribution < 1.29 is 13.5 Å². The van der Waals surface area contributed by atoms with E-state index in [1.807, 2.05) is 0 Å². The Morgan fingerprint density at radius 3 is 2.82 bits per heavy atom. The molecule has 0 saturated carbocycles. The first-order valence-corrected chi connectivity index (χ1v) is 5.55. The SMILES string of the molecule is CC(Oc1c([18F])cc([18F])cc1Cl)C1=NCCN1. The summed E-state index contributed by atoms with van der Waals surface area (Å²) < 4.78 is 31.6. The van der Waals surface area contributed by atoms with Crippen LogP contribution in [0.2, 0.25) is 5.02 Å². The minimum absolute atomic E-state index is 0.0899. The van der Waals surface area contributed by atoms with Gasteiger partial charge in [-0.2, -0.15) is 0 Å². The first-order chi connectivity index (χ1) is 8.08. The molecule has 1 N–H and O–H groups in total. The van der Waals surface area contributed by atoms with Crippen molar-refractivity contribution in [3.8, 4) is 5.75 Å². The molecule has 0 saturated heterocycles. The first kappa shape index (κ1) is 12.1. The third-order valence-electron chi connectivity index (χ3n) is 2.34. The van der Waals surface area contributed by atoms with E-state index in [1.165, 1.54) is 0 Å². The van der Waals surface area contributed by atoms with Crippen molar-refractivity contribution in [2.75, 3.05) is 13.1 Å². The van der Waals surface area contributed by atoms with E-state index in [1.54, 1.807) is 6.92 Å². The van der Waals surface area contributed by atoms with Gasteiger partial charge < -0.3 is 10.1 Å². The summed E-state index contributed by atoms with van der Waals surface area (Å²) in [6, 6.07) is 1.74. The molecule has 92 valence electrons. The highest BCUT2D eigenvalue weighted by atomic mass is 35.5. The molecule has 1 heterocycles. The lowest BCUT2D eigenvalue weighted by Gasteiger charge is -2.16. The lowest BCUT2D eigenvalue weighted by atomic mass is 10.3. The Balaban J connectivity index is 2.18. The number of rotatable bonds is 3. The predicted molar refractivity (Wildman–Crippen MR) is 61.8 cm³/mol. The van der Waals surface area contributed by atoms with Gasteiger partial charge in [-0.25, -0.2) is 8.78 Å². The van der Waals surface area contributed by atoms with E-state index >= 15 is 0 Å². The fourth-order valence-electron chi connectivity index (χ4n) is 1.56. The number of halogens is 3. The minimum Gasteiger partial charge on any atom is -0.478 e. The van der Waals surface area contributed by atoms with Crippen molar-refractivity contribution in [1.29, 1.82) is 0 Å². The van der Waals surface area contributed by atoms with Gasteiger partial charge in [-0.05, 0) is 13.0 Å². The topological polar surface area (TPSA) is 33.6 Å². The van der Waals surface area contributed by atoms with E-state index < -0.39 is 17.7 Å². The Morgan fingerprint density at radius 2 is 2.24 bits per heavy atom. The molecule has 0 amide bonds. The highest BCUT2D eigenvalue weighted by molar-refractivity contribution is 6.32. The number of aliphatic imine (C=N–C) groups is 1. The summed E-state index contributed by atoms with van der Waals surface area (Å²) in [6.07, 6.45) is -0.449. The largest absolute Gasteiger partial charge is 0.478 e. The van der Waals surface area contributed by atoms with Gasteiger partial charge in [0.25, 0.3) is 0 Å². The third-order valence-corrected chi connectivity index (χ3v) is 2.62. The molecule has 0 spiro atoms. The summed E-state index contributed by atoms with van der Waals surface area (Å²) in [6.45, 7) is 3.13. The van der Waals surface area contributed by atoms with Crippen molar-refractivity contribution >= 4 is 17.4 Å². The van der Waals surface area contributed by atoms with Crippen LogP contribution in [-0.2, 0) is 0 Å². The molecule has 1 aliphatic heterocycles. The van der Waals surface area contributed by atoms with Crippen molar-refractivity contribution in [2.24, 2.45) is 4.99 Å². The molecular weight excluding hydrogens is 248 g/mol. The summed E-state index contributed by atoms with van der Waals surface area (Å²) in [7, 11) is 0. The highest BCUT2D eigenvalue weighted by Gasteiger charge is 2.19. The van der Waals surface area contributed by atoms with Crippen LogP contribution in [0.4, 0.5) is 8.78 Å². The van der Waals surface area contributed by atoms with Crippen LogP contribution in [0.25, 0.3) is 0 Å². The zero-order valence-corrected chi connectivity index (χ0v) is 9.89. The molecule has 0 radical (unpaired) electrons.